The van der Waals surface area contributed by atoms with Crippen LogP contribution in [0.25, 0.3) is 11.1 Å². The number of carbonyl (C=O) groups is 2. The van der Waals surface area contributed by atoms with E-state index in [1.165, 1.54) is 11.0 Å². The number of hydrogen-bond acceptors (Lipinski definition) is 7. The van der Waals surface area contributed by atoms with Gasteiger partial charge in [0.1, 0.15) is 24.1 Å². The smallest absolute Gasteiger partial charge is 0.370 e. The molecule has 5 rings (SSSR count). The third kappa shape index (κ3) is 4.33. The Labute approximate surface area is 217 Å². The highest BCUT2D eigenvalue weighted by Crippen LogP contribution is 2.40. The van der Waals surface area contributed by atoms with Gasteiger partial charge >= 0.3 is 6.18 Å². The lowest BCUT2D eigenvalue weighted by molar-refractivity contribution is -0.138. The van der Waals surface area contributed by atoms with Crippen LogP contribution in [-0.4, -0.2) is 47.7 Å². The van der Waals surface area contributed by atoms with Gasteiger partial charge in [-0.25, -0.2) is 4.98 Å². The molecule has 196 valence electrons. The van der Waals surface area contributed by atoms with Crippen LogP contribution in [0.15, 0.2) is 53.6 Å². The molecule has 11 heteroatoms. The maximum atomic E-state index is 13.8. The lowest BCUT2D eigenvalue weighted by atomic mass is 9.99. The van der Waals surface area contributed by atoms with E-state index in [0.29, 0.717) is 24.2 Å². The van der Waals surface area contributed by atoms with Gasteiger partial charge in [-0.2, -0.15) is 18.3 Å². The summed E-state index contributed by atoms with van der Waals surface area (Å²) >= 11 is 0. The van der Waals surface area contributed by atoms with E-state index in [9.17, 15) is 22.8 Å². The molecule has 3 aromatic rings. The van der Waals surface area contributed by atoms with Crippen molar-refractivity contribution in [3.8, 4) is 11.1 Å². The topological polar surface area (TPSA) is 89.9 Å². The summed E-state index contributed by atoms with van der Waals surface area (Å²) in [5.74, 6) is 0.754. The van der Waals surface area contributed by atoms with E-state index in [0.717, 1.165) is 23.0 Å². The van der Waals surface area contributed by atoms with E-state index < -0.39 is 17.6 Å². The number of rotatable bonds is 6. The molecule has 1 amide bonds. The summed E-state index contributed by atoms with van der Waals surface area (Å²) in [4.78, 5) is 32.4. The van der Waals surface area contributed by atoms with E-state index >= 15 is 0 Å². The average molecular weight is 523 g/mol. The quantitative estimate of drug-likeness (QED) is 0.456. The van der Waals surface area contributed by atoms with Crippen molar-refractivity contribution >= 4 is 29.7 Å². The van der Waals surface area contributed by atoms with Crippen LogP contribution >= 0.6 is 0 Å². The number of nitrogens with zero attached hydrogens (tertiary/aromatic N) is 4. The van der Waals surface area contributed by atoms with Crippen molar-refractivity contribution in [1.29, 1.82) is 0 Å². The number of alkyl halides is 3. The van der Waals surface area contributed by atoms with E-state index in [1.54, 1.807) is 6.07 Å². The first-order valence-corrected chi connectivity index (χ1v) is 12.0. The first-order chi connectivity index (χ1) is 18.1. The first-order valence-electron chi connectivity index (χ1n) is 12.0. The summed E-state index contributed by atoms with van der Waals surface area (Å²) < 4.78 is 41.5. The van der Waals surface area contributed by atoms with Gasteiger partial charge in [-0.1, -0.05) is 24.3 Å². The molecule has 0 bridgehead atoms. The van der Waals surface area contributed by atoms with Crippen molar-refractivity contribution in [2.75, 3.05) is 23.8 Å². The van der Waals surface area contributed by atoms with Gasteiger partial charge in [0.2, 0.25) is 0 Å². The molecule has 2 aliphatic rings. The maximum absolute atomic E-state index is 13.8. The van der Waals surface area contributed by atoms with Crippen LogP contribution in [0.4, 0.5) is 24.8 Å². The Morgan fingerprint density at radius 3 is 2.50 bits per heavy atom. The first kappa shape index (κ1) is 25.2. The van der Waals surface area contributed by atoms with Crippen molar-refractivity contribution in [2.24, 2.45) is 5.10 Å². The van der Waals surface area contributed by atoms with Crippen molar-refractivity contribution in [2.45, 2.75) is 32.7 Å². The molecule has 38 heavy (non-hydrogen) atoms. The Morgan fingerprint density at radius 1 is 1.13 bits per heavy atom. The molecule has 0 radical (unpaired) electrons. The Hall–Kier alpha value is -4.41. The summed E-state index contributed by atoms with van der Waals surface area (Å²) in [5, 5.41) is 7.61. The molecule has 3 heterocycles. The second-order valence-corrected chi connectivity index (χ2v) is 9.13. The van der Waals surface area contributed by atoms with Crippen LogP contribution in [0.2, 0.25) is 0 Å². The van der Waals surface area contributed by atoms with Crippen LogP contribution in [0.3, 0.4) is 0 Å². The lowest BCUT2D eigenvalue weighted by Crippen LogP contribution is -2.34. The van der Waals surface area contributed by atoms with Gasteiger partial charge in [-0.05, 0) is 54.8 Å². The van der Waals surface area contributed by atoms with Gasteiger partial charge < -0.3 is 10.2 Å². The molecule has 0 saturated carbocycles. The number of benzene rings is 2. The summed E-state index contributed by atoms with van der Waals surface area (Å²) in [6.07, 6.45) is -4.41. The van der Waals surface area contributed by atoms with Crippen LogP contribution < -0.4 is 15.6 Å². The minimum atomic E-state index is -4.72. The maximum Gasteiger partial charge on any atom is 0.416 e. The fourth-order valence-corrected chi connectivity index (χ4v) is 4.70. The van der Waals surface area contributed by atoms with Gasteiger partial charge in [0.25, 0.3) is 5.91 Å². The van der Waals surface area contributed by atoms with Gasteiger partial charge in [-0.3, -0.25) is 19.9 Å². The zero-order valence-corrected chi connectivity index (χ0v) is 20.9. The van der Waals surface area contributed by atoms with Gasteiger partial charge in [-0.15, -0.1) is 0 Å². The Balaban J connectivity index is 1.62. The van der Waals surface area contributed by atoms with Crippen molar-refractivity contribution < 1.29 is 22.8 Å². The summed E-state index contributed by atoms with van der Waals surface area (Å²) in [6, 6.07) is 13.1. The number of aldehydes is 1. The summed E-state index contributed by atoms with van der Waals surface area (Å²) in [7, 11) is 1.92. The van der Waals surface area contributed by atoms with E-state index in [1.807, 2.05) is 56.1 Å². The number of carbonyl (C=O) groups excluding carboxylic acids is 2. The molecule has 0 saturated heterocycles. The fourth-order valence-electron chi connectivity index (χ4n) is 4.70. The van der Waals surface area contributed by atoms with E-state index in [-0.39, 0.29) is 35.2 Å². The highest BCUT2D eigenvalue weighted by atomic mass is 19.4. The Bertz CT molecular complexity index is 1470. The SMILES string of the molecule is CCNc1cc(-c2ccccc2C2=NNC(C)N2C)cc(N2Cc3c(cc(C=O)cc3C(F)(F)F)C2=O)n1. The molecule has 1 atom stereocenters. The van der Waals surface area contributed by atoms with Crippen LogP contribution in [0, 0.1) is 0 Å². The third-order valence-corrected chi connectivity index (χ3v) is 6.70. The highest BCUT2D eigenvalue weighted by Gasteiger charge is 2.41. The predicted molar refractivity (Wildman–Crippen MR) is 138 cm³/mol. The molecule has 1 unspecified atom stereocenters. The van der Waals surface area contributed by atoms with Gasteiger partial charge in [0.15, 0.2) is 5.84 Å². The fraction of sp³-hybridized carbons (Fsp3) is 0.259. The lowest BCUT2D eigenvalue weighted by Gasteiger charge is -2.21. The Kier molecular flexibility index (Phi) is 6.29. The molecular formula is C27H25F3N6O2. The minimum absolute atomic E-state index is 0.00295. The Morgan fingerprint density at radius 2 is 1.87 bits per heavy atom. The molecule has 0 fully saturated rings. The number of hydrazone groups is 1. The number of hydrogen-bond donors (Lipinski definition) is 2. The number of aromatic nitrogens is 1. The zero-order valence-electron chi connectivity index (χ0n) is 20.9. The zero-order chi connectivity index (χ0) is 27.2. The number of amides is 1. The van der Waals surface area contributed by atoms with Crippen molar-refractivity contribution in [3.05, 3.63) is 76.3 Å². The molecule has 1 aromatic heterocycles. The molecule has 8 nitrogen and oxygen atoms in total. The van der Waals surface area contributed by atoms with E-state index in [2.05, 4.69) is 20.8 Å². The second kappa shape index (κ2) is 9.47. The van der Waals surface area contributed by atoms with Crippen LogP contribution in [-0.2, 0) is 12.7 Å². The molecule has 0 spiro atoms. The second-order valence-electron chi connectivity index (χ2n) is 9.13. The number of fused-ring (bicyclic) bond motifs is 1. The third-order valence-electron chi connectivity index (χ3n) is 6.70. The number of halogens is 3. The van der Waals surface area contributed by atoms with Gasteiger partial charge in [0.05, 0.1) is 12.1 Å². The van der Waals surface area contributed by atoms with Crippen LogP contribution in [0.1, 0.15) is 51.3 Å². The van der Waals surface area contributed by atoms with Crippen LogP contribution in [0.5, 0.6) is 0 Å². The standard InChI is InChI=1S/C27H25F3N6O2/c1-4-31-23-11-17(18-7-5-6-8-19(18)25-34-33-15(2)35(25)3)12-24(32-23)36-13-21-20(26(36)38)9-16(14-37)10-22(21)27(28,29)30/h5-12,14-15,33H,4,13H2,1-3H3,(H,31,32). The average Bonchev–Trinajstić information content (AvgIpc) is 3.41. The number of amidine groups is 1. The summed E-state index contributed by atoms with van der Waals surface area (Å²) in [5.41, 5.74) is 3.90. The number of nitrogens with one attached hydrogen (secondary N) is 2. The number of anilines is 2. The number of pyridine rings is 1. The van der Waals surface area contributed by atoms with Gasteiger partial charge in [0, 0.05) is 30.3 Å². The van der Waals surface area contributed by atoms with Crippen molar-refractivity contribution in [3.63, 3.8) is 0 Å². The molecule has 2 N–H and O–H groups in total. The predicted octanol–water partition coefficient (Wildman–Crippen LogP) is 4.71. The molecule has 2 aliphatic heterocycles. The normalized spacial score (nSPS) is 16.8. The summed E-state index contributed by atoms with van der Waals surface area (Å²) in [6.45, 7) is 4.10. The highest BCUT2D eigenvalue weighted by molar-refractivity contribution is 6.11. The monoisotopic (exact) mass is 522 g/mol. The molecule has 0 aliphatic carbocycles. The molecule has 2 aromatic carbocycles. The van der Waals surface area contributed by atoms with E-state index in [4.69, 9.17) is 0 Å². The minimum Gasteiger partial charge on any atom is -0.370 e. The molecular weight excluding hydrogens is 497 g/mol. The van der Waals surface area contributed by atoms with Crippen molar-refractivity contribution in [1.82, 2.24) is 15.3 Å². The largest absolute Gasteiger partial charge is 0.416 e.